The van der Waals surface area contributed by atoms with E-state index in [1.165, 1.54) is 48.9 Å². The third kappa shape index (κ3) is 7.43. The smallest absolute Gasteiger partial charge is 0.252 e. The lowest BCUT2D eigenvalue weighted by Crippen LogP contribution is -2.48. The molecule has 196 valence electrons. The number of rotatable bonds is 8. The number of halogens is 1. The van der Waals surface area contributed by atoms with E-state index in [1.807, 2.05) is 27.9 Å². The van der Waals surface area contributed by atoms with Crippen molar-refractivity contribution in [2.75, 3.05) is 26.0 Å². The number of aromatic nitrogens is 1. The van der Waals surface area contributed by atoms with Crippen LogP contribution in [0.5, 0.6) is 0 Å². The van der Waals surface area contributed by atoms with Crippen LogP contribution in [0.1, 0.15) is 80.8 Å². The van der Waals surface area contributed by atoms with Gasteiger partial charge in [-0.1, -0.05) is 55.0 Å². The van der Waals surface area contributed by atoms with Gasteiger partial charge in [-0.25, -0.2) is 0 Å². The van der Waals surface area contributed by atoms with E-state index in [1.54, 1.807) is 0 Å². The molecule has 35 heavy (non-hydrogen) atoms. The van der Waals surface area contributed by atoms with Gasteiger partial charge in [0.15, 0.2) is 0 Å². The van der Waals surface area contributed by atoms with Gasteiger partial charge in [-0.3, -0.25) is 4.79 Å². The molecular weight excluding hydrogens is 500 g/mol. The number of hydrogen-bond acceptors (Lipinski definition) is 4. The zero-order valence-corrected chi connectivity index (χ0v) is 24.7. The fourth-order valence-electron chi connectivity index (χ4n) is 5.57. The number of aromatic amines is 1. The number of aryl methyl sites for hydroxylation is 2. The predicted molar refractivity (Wildman–Crippen MR) is 154 cm³/mol. The molecule has 1 aliphatic carbocycles. The van der Waals surface area contributed by atoms with Crippen LogP contribution in [0.4, 0.5) is 5.69 Å². The third-order valence-corrected chi connectivity index (χ3v) is 8.15. The van der Waals surface area contributed by atoms with Crippen molar-refractivity contribution in [3.63, 3.8) is 0 Å². The second-order valence-electron chi connectivity index (χ2n) is 10.3. The van der Waals surface area contributed by atoms with Gasteiger partial charge in [-0.05, 0) is 95.4 Å². The number of H-pyrrole nitrogens is 1. The van der Waals surface area contributed by atoms with Crippen LogP contribution >= 0.6 is 15.9 Å². The summed E-state index contributed by atoms with van der Waals surface area (Å²) in [7, 11) is 3.75. The van der Waals surface area contributed by atoms with Crippen LogP contribution in [-0.2, 0) is 12.1 Å². The van der Waals surface area contributed by atoms with E-state index in [0.29, 0.717) is 18.4 Å². The summed E-state index contributed by atoms with van der Waals surface area (Å²) in [4.78, 5) is 15.7. The van der Waals surface area contributed by atoms with Crippen molar-refractivity contribution in [3.05, 3.63) is 61.0 Å². The SMILES string of the molecule is CCNc1cc(Br)cc(C(C)(NCc2c(C)cc(C)[nH]c2=O)C(C)C2CCCCC2)c1C.CNC. The lowest BCUT2D eigenvalue weighted by molar-refractivity contribution is 0.139. The van der Waals surface area contributed by atoms with Crippen molar-refractivity contribution in [3.8, 4) is 0 Å². The maximum atomic E-state index is 12.7. The summed E-state index contributed by atoms with van der Waals surface area (Å²) in [6, 6.07) is 6.51. The second kappa shape index (κ2) is 13.6. The molecule has 1 aromatic carbocycles. The maximum Gasteiger partial charge on any atom is 0.252 e. The first-order chi connectivity index (χ1) is 16.6. The Morgan fingerprint density at radius 3 is 2.31 bits per heavy atom. The summed E-state index contributed by atoms with van der Waals surface area (Å²) in [6.45, 7) is 14.5. The van der Waals surface area contributed by atoms with Crippen molar-refractivity contribution < 1.29 is 0 Å². The van der Waals surface area contributed by atoms with Crippen LogP contribution in [0, 0.1) is 32.6 Å². The molecule has 1 fully saturated rings. The van der Waals surface area contributed by atoms with Crippen molar-refractivity contribution in [2.24, 2.45) is 11.8 Å². The lowest BCUT2D eigenvalue weighted by atomic mass is 9.68. The Kier molecular flexibility index (Phi) is 11.5. The molecular formula is C29H47BrN4O. The van der Waals surface area contributed by atoms with E-state index >= 15 is 0 Å². The monoisotopic (exact) mass is 546 g/mol. The number of anilines is 1. The minimum absolute atomic E-state index is 0.0157. The van der Waals surface area contributed by atoms with E-state index in [9.17, 15) is 4.79 Å². The van der Waals surface area contributed by atoms with Crippen molar-refractivity contribution in [1.82, 2.24) is 15.6 Å². The molecule has 1 aliphatic rings. The normalized spacial score (nSPS) is 16.7. The summed E-state index contributed by atoms with van der Waals surface area (Å²) in [5.74, 6) is 1.12. The Bertz CT molecular complexity index is 1010. The predicted octanol–water partition coefficient (Wildman–Crippen LogP) is 6.55. The largest absolute Gasteiger partial charge is 0.385 e. The first-order valence-corrected chi connectivity index (χ1v) is 14.0. The molecule has 6 heteroatoms. The van der Waals surface area contributed by atoms with Crippen molar-refractivity contribution in [1.29, 1.82) is 0 Å². The number of benzene rings is 1. The zero-order valence-electron chi connectivity index (χ0n) is 23.1. The Morgan fingerprint density at radius 2 is 1.74 bits per heavy atom. The first-order valence-electron chi connectivity index (χ1n) is 13.2. The number of nitrogens with one attached hydrogen (secondary N) is 4. The van der Waals surface area contributed by atoms with Crippen LogP contribution in [0.2, 0.25) is 0 Å². The molecule has 0 spiro atoms. The summed E-state index contributed by atoms with van der Waals surface area (Å²) in [6.07, 6.45) is 6.57. The van der Waals surface area contributed by atoms with E-state index in [2.05, 4.69) is 82.8 Å². The highest BCUT2D eigenvalue weighted by molar-refractivity contribution is 9.10. The van der Waals surface area contributed by atoms with Crippen LogP contribution in [0.25, 0.3) is 0 Å². The fourth-order valence-corrected chi connectivity index (χ4v) is 6.03. The fraction of sp³-hybridized carbons (Fsp3) is 0.621. The molecule has 2 unspecified atom stereocenters. The van der Waals surface area contributed by atoms with Gasteiger partial charge in [-0.2, -0.15) is 0 Å². The molecule has 2 aromatic rings. The van der Waals surface area contributed by atoms with Gasteiger partial charge in [0.25, 0.3) is 5.56 Å². The summed E-state index contributed by atoms with van der Waals surface area (Å²) in [5.41, 5.74) is 6.30. The lowest BCUT2D eigenvalue weighted by Gasteiger charge is -2.44. The van der Waals surface area contributed by atoms with Crippen LogP contribution in [0.3, 0.4) is 0 Å². The third-order valence-electron chi connectivity index (χ3n) is 7.69. The molecule has 0 aliphatic heterocycles. The second-order valence-corrected chi connectivity index (χ2v) is 11.3. The molecule has 1 aromatic heterocycles. The summed E-state index contributed by atoms with van der Waals surface area (Å²) >= 11 is 3.76. The van der Waals surface area contributed by atoms with E-state index in [4.69, 9.17) is 0 Å². The van der Waals surface area contributed by atoms with Gasteiger partial charge >= 0.3 is 0 Å². The standard InChI is InChI=1S/C27H40BrN3O.C2H7N/c1-7-29-25-15-22(28)14-24(19(25)4)27(6,20(5)21-11-9-8-10-12-21)30-16-23-17(2)13-18(3)31-26(23)32;1-3-2/h13-15,20-21,29-30H,7-12,16H2,1-6H3,(H,31,32);3H,1-2H3. The maximum absolute atomic E-state index is 12.7. The molecule has 0 amide bonds. The van der Waals surface area contributed by atoms with Gasteiger partial charge in [0.2, 0.25) is 0 Å². The molecule has 1 heterocycles. The minimum atomic E-state index is -0.260. The van der Waals surface area contributed by atoms with Gasteiger partial charge in [0.1, 0.15) is 0 Å². The van der Waals surface area contributed by atoms with Crippen LogP contribution < -0.4 is 21.5 Å². The summed E-state index contributed by atoms with van der Waals surface area (Å²) < 4.78 is 1.09. The number of hydrogen-bond donors (Lipinski definition) is 4. The molecule has 2 atom stereocenters. The van der Waals surface area contributed by atoms with E-state index < -0.39 is 0 Å². The average Bonchev–Trinajstić information content (AvgIpc) is 2.81. The Morgan fingerprint density at radius 1 is 1.11 bits per heavy atom. The van der Waals surface area contributed by atoms with E-state index in [-0.39, 0.29) is 11.1 Å². The molecule has 1 saturated carbocycles. The van der Waals surface area contributed by atoms with Crippen molar-refractivity contribution in [2.45, 2.75) is 85.7 Å². The molecule has 3 rings (SSSR count). The minimum Gasteiger partial charge on any atom is -0.385 e. The topological polar surface area (TPSA) is 68.9 Å². The zero-order chi connectivity index (χ0) is 26.2. The highest BCUT2D eigenvalue weighted by Gasteiger charge is 2.39. The Labute approximate surface area is 221 Å². The summed E-state index contributed by atoms with van der Waals surface area (Å²) in [5, 5.41) is 10.2. The Balaban J connectivity index is 0.00000137. The molecule has 0 radical (unpaired) electrons. The van der Waals surface area contributed by atoms with Crippen LogP contribution in [-0.4, -0.2) is 25.6 Å². The van der Waals surface area contributed by atoms with Gasteiger partial charge in [-0.15, -0.1) is 0 Å². The van der Waals surface area contributed by atoms with Gasteiger partial charge < -0.3 is 20.9 Å². The first kappa shape index (κ1) is 29.6. The quantitative estimate of drug-likeness (QED) is 0.303. The molecule has 0 bridgehead atoms. The average molecular weight is 548 g/mol. The van der Waals surface area contributed by atoms with Gasteiger partial charge in [0.05, 0.1) is 0 Å². The van der Waals surface area contributed by atoms with Crippen molar-refractivity contribution >= 4 is 21.6 Å². The van der Waals surface area contributed by atoms with Gasteiger partial charge in [0, 0.05) is 40.0 Å². The highest BCUT2D eigenvalue weighted by Crippen LogP contribution is 2.43. The Hall–Kier alpha value is -1.63. The molecule has 4 N–H and O–H groups in total. The molecule has 5 nitrogen and oxygen atoms in total. The number of pyridine rings is 1. The highest BCUT2D eigenvalue weighted by atomic mass is 79.9. The van der Waals surface area contributed by atoms with E-state index in [0.717, 1.165) is 27.8 Å². The van der Waals surface area contributed by atoms with Crippen LogP contribution in [0.15, 0.2) is 27.5 Å². The molecule has 0 saturated heterocycles.